The maximum absolute atomic E-state index is 12.3. The standard InChI is InChI=1S/C14H25N3O2S/c1-5-17(6-2)8-7-16-20(18,19)14-10-13(15)9-11(3)12(14)4/h9-10,16H,5-8,15H2,1-4H3. The molecule has 0 aliphatic rings. The molecule has 0 aromatic heterocycles. The molecular weight excluding hydrogens is 274 g/mol. The van der Waals surface area contributed by atoms with Crippen LogP contribution in [0.3, 0.4) is 0 Å². The van der Waals surface area contributed by atoms with Gasteiger partial charge in [0.25, 0.3) is 0 Å². The molecule has 1 aromatic carbocycles. The molecule has 0 saturated carbocycles. The van der Waals surface area contributed by atoms with Crippen molar-refractivity contribution in [2.45, 2.75) is 32.6 Å². The number of anilines is 1. The minimum Gasteiger partial charge on any atom is -0.399 e. The molecule has 0 amide bonds. The fraction of sp³-hybridized carbons (Fsp3) is 0.571. The summed E-state index contributed by atoms with van der Waals surface area (Å²) >= 11 is 0. The summed E-state index contributed by atoms with van der Waals surface area (Å²) in [7, 11) is -3.50. The summed E-state index contributed by atoms with van der Waals surface area (Å²) in [6.07, 6.45) is 0. The molecule has 0 spiro atoms. The van der Waals surface area contributed by atoms with Crippen LogP contribution in [0, 0.1) is 13.8 Å². The van der Waals surface area contributed by atoms with Gasteiger partial charge in [-0.1, -0.05) is 13.8 Å². The van der Waals surface area contributed by atoms with E-state index in [1.54, 1.807) is 13.0 Å². The molecule has 0 aliphatic carbocycles. The second-order valence-electron chi connectivity index (χ2n) is 4.89. The third-order valence-electron chi connectivity index (χ3n) is 3.55. The molecule has 0 radical (unpaired) electrons. The van der Waals surface area contributed by atoms with Gasteiger partial charge in [-0.3, -0.25) is 0 Å². The number of benzene rings is 1. The molecule has 0 heterocycles. The van der Waals surface area contributed by atoms with Crippen molar-refractivity contribution < 1.29 is 8.42 Å². The molecule has 114 valence electrons. The van der Waals surface area contributed by atoms with E-state index in [2.05, 4.69) is 23.5 Å². The van der Waals surface area contributed by atoms with Crippen LogP contribution in [0.5, 0.6) is 0 Å². The van der Waals surface area contributed by atoms with Crippen LogP contribution >= 0.6 is 0 Å². The van der Waals surface area contributed by atoms with Crippen LogP contribution in [0.2, 0.25) is 0 Å². The second-order valence-corrected chi connectivity index (χ2v) is 6.62. The molecule has 6 heteroatoms. The lowest BCUT2D eigenvalue weighted by Crippen LogP contribution is -2.35. The van der Waals surface area contributed by atoms with Crippen molar-refractivity contribution in [2.24, 2.45) is 0 Å². The first-order chi connectivity index (χ1) is 9.31. The maximum atomic E-state index is 12.3. The van der Waals surface area contributed by atoms with Gasteiger partial charge in [-0.15, -0.1) is 0 Å². The van der Waals surface area contributed by atoms with E-state index in [1.165, 1.54) is 6.07 Å². The number of aryl methyl sites for hydroxylation is 1. The summed E-state index contributed by atoms with van der Waals surface area (Å²) < 4.78 is 27.3. The molecule has 5 nitrogen and oxygen atoms in total. The monoisotopic (exact) mass is 299 g/mol. The predicted octanol–water partition coefficient (Wildman–Crippen LogP) is 1.51. The topological polar surface area (TPSA) is 75.4 Å². The molecule has 0 saturated heterocycles. The number of nitrogen functional groups attached to an aromatic ring is 1. The highest BCUT2D eigenvalue weighted by atomic mass is 32.2. The molecule has 0 atom stereocenters. The average Bonchev–Trinajstić information content (AvgIpc) is 2.38. The highest BCUT2D eigenvalue weighted by Crippen LogP contribution is 2.21. The Kier molecular flexibility index (Phi) is 5.98. The van der Waals surface area contributed by atoms with Crippen LogP contribution in [0.25, 0.3) is 0 Å². The molecular formula is C14H25N3O2S. The minimum atomic E-state index is -3.50. The quantitative estimate of drug-likeness (QED) is 0.748. The Morgan fingerprint density at radius 3 is 2.35 bits per heavy atom. The number of hydrogen-bond donors (Lipinski definition) is 2. The molecule has 20 heavy (non-hydrogen) atoms. The Balaban J connectivity index is 2.85. The zero-order valence-corrected chi connectivity index (χ0v) is 13.5. The Bertz CT molecular complexity index is 552. The zero-order chi connectivity index (χ0) is 15.3. The molecule has 0 fully saturated rings. The fourth-order valence-electron chi connectivity index (χ4n) is 2.09. The van der Waals surface area contributed by atoms with Crippen LogP contribution in [0.15, 0.2) is 17.0 Å². The van der Waals surface area contributed by atoms with Gasteiger partial charge in [0.2, 0.25) is 10.0 Å². The van der Waals surface area contributed by atoms with E-state index >= 15 is 0 Å². The van der Waals surface area contributed by atoms with Crippen LogP contribution in [-0.2, 0) is 10.0 Å². The van der Waals surface area contributed by atoms with E-state index in [4.69, 9.17) is 5.73 Å². The average molecular weight is 299 g/mol. The number of hydrogen-bond acceptors (Lipinski definition) is 4. The molecule has 1 aromatic rings. The normalized spacial score (nSPS) is 12.1. The van der Waals surface area contributed by atoms with Gasteiger partial charge in [0.05, 0.1) is 4.90 Å². The van der Waals surface area contributed by atoms with Gasteiger partial charge in [-0.25, -0.2) is 13.1 Å². The Labute approximate surface area is 122 Å². The Morgan fingerprint density at radius 1 is 1.20 bits per heavy atom. The lowest BCUT2D eigenvalue weighted by atomic mass is 10.1. The largest absolute Gasteiger partial charge is 0.399 e. The van der Waals surface area contributed by atoms with E-state index in [1.807, 2.05) is 6.92 Å². The van der Waals surface area contributed by atoms with Gasteiger partial charge in [-0.05, 0) is 50.2 Å². The van der Waals surface area contributed by atoms with Crippen LogP contribution in [0.4, 0.5) is 5.69 Å². The summed E-state index contributed by atoms with van der Waals surface area (Å²) in [4.78, 5) is 2.44. The Morgan fingerprint density at radius 2 is 1.80 bits per heavy atom. The number of nitrogens with one attached hydrogen (secondary N) is 1. The van der Waals surface area contributed by atoms with Crippen molar-refractivity contribution in [3.05, 3.63) is 23.3 Å². The van der Waals surface area contributed by atoms with E-state index < -0.39 is 10.0 Å². The smallest absolute Gasteiger partial charge is 0.240 e. The van der Waals surface area contributed by atoms with Gasteiger partial charge in [0, 0.05) is 18.8 Å². The highest BCUT2D eigenvalue weighted by molar-refractivity contribution is 7.89. The summed E-state index contributed by atoms with van der Waals surface area (Å²) in [5, 5.41) is 0. The van der Waals surface area contributed by atoms with E-state index in [0.717, 1.165) is 24.2 Å². The van der Waals surface area contributed by atoms with Crippen molar-refractivity contribution in [3.63, 3.8) is 0 Å². The molecule has 0 aliphatic heterocycles. The lowest BCUT2D eigenvalue weighted by Gasteiger charge is -2.18. The Hall–Kier alpha value is -1.11. The van der Waals surface area contributed by atoms with Gasteiger partial charge in [0.15, 0.2) is 0 Å². The third-order valence-corrected chi connectivity index (χ3v) is 5.13. The zero-order valence-electron chi connectivity index (χ0n) is 12.7. The fourth-order valence-corrected chi connectivity index (χ4v) is 3.46. The maximum Gasteiger partial charge on any atom is 0.240 e. The first-order valence-corrected chi connectivity index (χ1v) is 8.38. The summed E-state index contributed by atoms with van der Waals surface area (Å²) in [6.45, 7) is 10.7. The summed E-state index contributed by atoms with van der Waals surface area (Å²) in [6, 6.07) is 3.30. The van der Waals surface area contributed by atoms with Gasteiger partial charge >= 0.3 is 0 Å². The molecule has 1 rings (SSSR count). The number of nitrogens with zero attached hydrogens (tertiary/aromatic N) is 1. The van der Waals surface area contributed by atoms with E-state index in [-0.39, 0.29) is 4.90 Å². The molecule has 0 unspecified atom stereocenters. The second kappa shape index (κ2) is 7.06. The lowest BCUT2D eigenvalue weighted by molar-refractivity contribution is 0.309. The minimum absolute atomic E-state index is 0.273. The predicted molar refractivity (Wildman–Crippen MR) is 83.3 cm³/mol. The van der Waals surface area contributed by atoms with Gasteiger partial charge in [0.1, 0.15) is 0 Å². The highest BCUT2D eigenvalue weighted by Gasteiger charge is 2.18. The van der Waals surface area contributed by atoms with Crippen LogP contribution in [0.1, 0.15) is 25.0 Å². The first kappa shape index (κ1) is 16.9. The van der Waals surface area contributed by atoms with E-state index in [0.29, 0.717) is 18.8 Å². The van der Waals surface area contributed by atoms with Crippen molar-refractivity contribution in [2.75, 3.05) is 31.9 Å². The third kappa shape index (κ3) is 4.19. The van der Waals surface area contributed by atoms with E-state index in [9.17, 15) is 8.42 Å². The number of rotatable bonds is 7. The van der Waals surface area contributed by atoms with Gasteiger partial charge < -0.3 is 10.6 Å². The van der Waals surface area contributed by atoms with Gasteiger partial charge in [-0.2, -0.15) is 0 Å². The summed E-state index contributed by atoms with van der Waals surface area (Å²) in [5.74, 6) is 0. The number of nitrogens with two attached hydrogens (primary N) is 1. The van der Waals surface area contributed by atoms with Crippen molar-refractivity contribution in [1.29, 1.82) is 0 Å². The van der Waals surface area contributed by atoms with Crippen molar-refractivity contribution in [3.8, 4) is 0 Å². The summed E-state index contributed by atoms with van der Waals surface area (Å²) in [5.41, 5.74) is 7.84. The van der Waals surface area contributed by atoms with Crippen molar-refractivity contribution >= 4 is 15.7 Å². The molecule has 3 N–H and O–H groups in total. The van der Waals surface area contributed by atoms with Crippen molar-refractivity contribution in [1.82, 2.24) is 9.62 Å². The van der Waals surface area contributed by atoms with Crippen LogP contribution in [-0.4, -0.2) is 39.5 Å². The first-order valence-electron chi connectivity index (χ1n) is 6.90. The SMILES string of the molecule is CCN(CC)CCNS(=O)(=O)c1cc(N)cc(C)c1C. The number of likely N-dealkylation sites (N-methyl/N-ethyl adjacent to an activating group) is 1. The molecule has 0 bridgehead atoms. The van der Waals surface area contributed by atoms with Crippen LogP contribution < -0.4 is 10.5 Å². The number of sulfonamides is 1.